The molecule has 19 heavy (non-hydrogen) atoms. The summed E-state index contributed by atoms with van der Waals surface area (Å²) in [5.74, 6) is -0.701. The molecule has 0 bridgehead atoms. The highest BCUT2D eigenvalue weighted by molar-refractivity contribution is 6.11. The first-order valence-electron chi connectivity index (χ1n) is 5.82. The molecule has 0 aliphatic rings. The Morgan fingerprint density at radius 1 is 1.21 bits per heavy atom. The van der Waals surface area contributed by atoms with E-state index in [1.54, 1.807) is 16.7 Å². The lowest BCUT2D eigenvalue weighted by atomic mass is 10.1. The van der Waals surface area contributed by atoms with Crippen LogP contribution in [0.3, 0.4) is 0 Å². The van der Waals surface area contributed by atoms with Gasteiger partial charge in [-0.05, 0) is 19.1 Å². The van der Waals surface area contributed by atoms with Crippen LogP contribution in [0, 0.1) is 0 Å². The summed E-state index contributed by atoms with van der Waals surface area (Å²) in [5.41, 5.74) is 1.96. The van der Waals surface area contributed by atoms with Gasteiger partial charge in [0.05, 0.1) is 36.1 Å². The molecule has 0 N–H and O–H groups in total. The minimum Gasteiger partial charge on any atom is -0.465 e. The van der Waals surface area contributed by atoms with Crippen molar-refractivity contribution in [1.82, 2.24) is 4.40 Å². The largest absolute Gasteiger partial charge is 0.465 e. The number of ether oxygens (including phenoxy) is 2. The Bertz CT molecular complexity index is 642. The average Bonchev–Trinajstić information content (AvgIpc) is 2.73. The molecule has 5 heteroatoms. The van der Waals surface area contributed by atoms with Gasteiger partial charge in [0.1, 0.15) is 0 Å². The van der Waals surface area contributed by atoms with Crippen LogP contribution in [0.15, 0.2) is 24.4 Å². The first kappa shape index (κ1) is 13.3. The van der Waals surface area contributed by atoms with Crippen LogP contribution in [-0.4, -0.2) is 30.4 Å². The number of fused-ring (bicyclic) bond motifs is 1. The van der Waals surface area contributed by atoms with Crippen LogP contribution < -0.4 is 0 Å². The fourth-order valence-electron chi connectivity index (χ4n) is 2.23. The number of methoxy groups -OCH3 is 2. The lowest BCUT2D eigenvalue weighted by Crippen LogP contribution is -2.09. The highest BCUT2D eigenvalue weighted by Crippen LogP contribution is 2.25. The minimum absolute atomic E-state index is 0.175. The first-order chi connectivity index (χ1) is 9.11. The van der Waals surface area contributed by atoms with E-state index in [4.69, 9.17) is 9.47 Å². The standard InChI is InChI=1S/C14H15NO4/c1-9(16)12-10-6-4-5-7-15(10)11(8-18-2)13(12)14(17)19-3/h4-7H,8H2,1-3H3. The maximum atomic E-state index is 12.0. The fraction of sp³-hybridized carbons (Fsp3) is 0.286. The molecule has 0 aliphatic heterocycles. The normalized spacial score (nSPS) is 10.7. The van der Waals surface area contributed by atoms with Crippen LogP contribution in [0.25, 0.3) is 5.52 Å². The Morgan fingerprint density at radius 3 is 2.53 bits per heavy atom. The van der Waals surface area contributed by atoms with E-state index in [9.17, 15) is 9.59 Å². The number of Topliss-reactive ketones (excluding diaryl/α,β-unsaturated/α-hetero) is 1. The van der Waals surface area contributed by atoms with Crippen LogP contribution in [0.2, 0.25) is 0 Å². The zero-order chi connectivity index (χ0) is 14.0. The molecule has 0 saturated carbocycles. The molecule has 100 valence electrons. The molecule has 0 atom stereocenters. The van der Waals surface area contributed by atoms with Crippen LogP contribution >= 0.6 is 0 Å². The molecule has 0 aromatic carbocycles. The van der Waals surface area contributed by atoms with E-state index >= 15 is 0 Å². The topological polar surface area (TPSA) is 57.0 Å². The van der Waals surface area contributed by atoms with Crippen LogP contribution in [-0.2, 0) is 16.1 Å². The summed E-state index contributed by atoms with van der Waals surface area (Å²) in [6.45, 7) is 1.66. The highest BCUT2D eigenvalue weighted by atomic mass is 16.5. The van der Waals surface area contributed by atoms with E-state index in [1.165, 1.54) is 21.1 Å². The summed E-state index contributed by atoms with van der Waals surface area (Å²) in [4.78, 5) is 23.8. The van der Waals surface area contributed by atoms with Gasteiger partial charge in [0.15, 0.2) is 5.78 Å². The number of aromatic nitrogens is 1. The van der Waals surface area contributed by atoms with Gasteiger partial charge in [0.2, 0.25) is 0 Å². The van der Waals surface area contributed by atoms with Crippen molar-refractivity contribution in [3.63, 3.8) is 0 Å². The molecule has 0 radical (unpaired) electrons. The Morgan fingerprint density at radius 2 is 1.95 bits per heavy atom. The summed E-state index contributed by atoms with van der Waals surface area (Å²) in [7, 11) is 2.84. The second kappa shape index (κ2) is 5.24. The van der Waals surface area contributed by atoms with Gasteiger partial charge in [-0.25, -0.2) is 4.79 Å². The summed E-state index contributed by atoms with van der Waals surface area (Å²) in [5, 5.41) is 0. The second-order valence-electron chi connectivity index (χ2n) is 4.13. The highest BCUT2D eigenvalue weighted by Gasteiger charge is 2.26. The van der Waals surface area contributed by atoms with E-state index in [2.05, 4.69) is 0 Å². The van der Waals surface area contributed by atoms with E-state index in [0.29, 0.717) is 16.8 Å². The summed E-state index contributed by atoms with van der Waals surface area (Å²) in [6, 6.07) is 5.44. The number of pyridine rings is 1. The maximum absolute atomic E-state index is 12.0. The third-order valence-corrected chi connectivity index (χ3v) is 2.97. The number of nitrogens with zero attached hydrogens (tertiary/aromatic N) is 1. The predicted octanol–water partition coefficient (Wildman–Crippen LogP) is 2.07. The Labute approximate surface area is 110 Å². The van der Waals surface area contributed by atoms with Gasteiger partial charge in [-0.2, -0.15) is 0 Å². The van der Waals surface area contributed by atoms with Gasteiger partial charge in [-0.3, -0.25) is 4.79 Å². The van der Waals surface area contributed by atoms with Crippen molar-refractivity contribution in [2.24, 2.45) is 0 Å². The van der Waals surface area contributed by atoms with Crippen molar-refractivity contribution in [3.8, 4) is 0 Å². The van der Waals surface area contributed by atoms with Gasteiger partial charge >= 0.3 is 5.97 Å². The van der Waals surface area contributed by atoms with Crippen molar-refractivity contribution in [3.05, 3.63) is 41.2 Å². The van der Waals surface area contributed by atoms with Crippen molar-refractivity contribution < 1.29 is 19.1 Å². The molecule has 2 heterocycles. The molecule has 0 saturated heterocycles. The van der Waals surface area contributed by atoms with Crippen molar-refractivity contribution in [2.45, 2.75) is 13.5 Å². The monoisotopic (exact) mass is 261 g/mol. The molecule has 0 aliphatic carbocycles. The van der Waals surface area contributed by atoms with E-state index in [1.807, 2.05) is 12.1 Å². The molecule has 5 nitrogen and oxygen atoms in total. The Kier molecular flexibility index (Phi) is 3.66. The number of ketones is 1. The molecule has 0 fully saturated rings. The van der Waals surface area contributed by atoms with Gasteiger partial charge in [-0.1, -0.05) is 6.07 Å². The van der Waals surface area contributed by atoms with E-state index in [0.717, 1.165) is 0 Å². The Balaban J connectivity index is 2.87. The lowest BCUT2D eigenvalue weighted by molar-refractivity contribution is 0.0592. The molecule has 2 rings (SSSR count). The molecule has 0 spiro atoms. The zero-order valence-corrected chi connectivity index (χ0v) is 11.1. The Hall–Kier alpha value is -2.14. The maximum Gasteiger partial charge on any atom is 0.340 e. The number of carbonyl (C=O) groups excluding carboxylic acids is 2. The molecule has 2 aromatic rings. The third-order valence-electron chi connectivity index (χ3n) is 2.97. The SMILES string of the molecule is COCc1c(C(=O)OC)c(C(C)=O)c2ccccn12. The zero-order valence-electron chi connectivity index (χ0n) is 11.1. The third kappa shape index (κ3) is 2.13. The second-order valence-corrected chi connectivity index (χ2v) is 4.13. The quantitative estimate of drug-likeness (QED) is 0.624. The number of carbonyl (C=O) groups is 2. The number of esters is 1. The van der Waals surface area contributed by atoms with Crippen molar-refractivity contribution in [2.75, 3.05) is 14.2 Å². The number of hydrogen-bond acceptors (Lipinski definition) is 4. The van der Waals surface area contributed by atoms with Gasteiger partial charge < -0.3 is 13.9 Å². The van der Waals surface area contributed by atoms with Gasteiger partial charge in [0, 0.05) is 13.3 Å². The molecular formula is C14H15NO4. The summed E-state index contributed by atoms with van der Waals surface area (Å²) >= 11 is 0. The molecule has 0 unspecified atom stereocenters. The summed E-state index contributed by atoms with van der Waals surface area (Å²) < 4.78 is 11.7. The van der Waals surface area contributed by atoms with Crippen LogP contribution in [0.1, 0.15) is 33.3 Å². The molecular weight excluding hydrogens is 246 g/mol. The molecule has 0 amide bonds. The van der Waals surface area contributed by atoms with Crippen LogP contribution in [0.4, 0.5) is 0 Å². The summed E-state index contributed by atoms with van der Waals surface area (Å²) in [6.07, 6.45) is 1.79. The fourth-order valence-corrected chi connectivity index (χ4v) is 2.23. The van der Waals surface area contributed by atoms with Crippen LogP contribution in [0.5, 0.6) is 0 Å². The predicted molar refractivity (Wildman–Crippen MR) is 69.5 cm³/mol. The lowest BCUT2D eigenvalue weighted by Gasteiger charge is -2.04. The van der Waals surface area contributed by atoms with Gasteiger partial charge in [-0.15, -0.1) is 0 Å². The van der Waals surface area contributed by atoms with Crippen molar-refractivity contribution >= 4 is 17.3 Å². The molecule has 2 aromatic heterocycles. The van der Waals surface area contributed by atoms with Crippen molar-refractivity contribution in [1.29, 1.82) is 0 Å². The van der Waals surface area contributed by atoms with E-state index in [-0.39, 0.29) is 18.0 Å². The first-order valence-corrected chi connectivity index (χ1v) is 5.82. The van der Waals surface area contributed by atoms with Gasteiger partial charge in [0.25, 0.3) is 0 Å². The number of hydrogen-bond donors (Lipinski definition) is 0. The smallest absolute Gasteiger partial charge is 0.340 e. The minimum atomic E-state index is -0.527. The number of rotatable bonds is 4. The average molecular weight is 261 g/mol. The van der Waals surface area contributed by atoms with E-state index < -0.39 is 5.97 Å².